The zero-order chi connectivity index (χ0) is 16.2. The molecule has 0 saturated heterocycles. The van der Waals surface area contributed by atoms with Crippen LogP contribution in [0.1, 0.15) is 31.9 Å². The van der Waals surface area contributed by atoms with Crippen LogP contribution in [0.15, 0.2) is 52.8 Å². The molecule has 22 heavy (non-hydrogen) atoms. The molecule has 1 N–H and O–H groups in total. The lowest BCUT2D eigenvalue weighted by atomic mass is 9.87. The van der Waals surface area contributed by atoms with Crippen LogP contribution in [0.5, 0.6) is 11.5 Å². The van der Waals surface area contributed by atoms with Gasteiger partial charge in [0.15, 0.2) is 0 Å². The highest BCUT2D eigenvalue weighted by atomic mass is 32.2. The Morgan fingerprint density at radius 2 is 1.73 bits per heavy atom. The molecule has 2 aromatic rings. The van der Waals surface area contributed by atoms with E-state index in [0.717, 1.165) is 5.56 Å². The standard InChI is InChI=1S/C19H22O2S/c1-19(2,3)15-5-7-18(8-6-15)22-10-9-14-11-16(20)13-17(12-14)21-4/h5-13,20H,1-4H3. The zero-order valence-corrected chi connectivity index (χ0v) is 14.3. The molecule has 0 spiro atoms. The molecule has 0 saturated carbocycles. The minimum absolute atomic E-state index is 0.178. The zero-order valence-electron chi connectivity index (χ0n) is 13.5. The van der Waals surface area contributed by atoms with Crippen LogP contribution in [-0.4, -0.2) is 12.2 Å². The predicted octanol–water partition coefficient (Wildman–Crippen LogP) is 5.46. The molecule has 0 unspecified atom stereocenters. The van der Waals surface area contributed by atoms with Crippen LogP contribution in [0.25, 0.3) is 6.08 Å². The van der Waals surface area contributed by atoms with E-state index in [9.17, 15) is 5.11 Å². The van der Waals surface area contributed by atoms with Gasteiger partial charge in [-0.15, -0.1) is 0 Å². The first-order chi connectivity index (χ1) is 10.4. The number of phenolic OH excluding ortho intramolecular Hbond substituents is 1. The number of aromatic hydroxyl groups is 1. The topological polar surface area (TPSA) is 29.5 Å². The van der Waals surface area contributed by atoms with Crippen LogP contribution in [0.2, 0.25) is 0 Å². The third-order valence-electron chi connectivity index (χ3n) is 3.33. The third kappa shape index (κ3) is 4.57. The van der Waals surface area contributed by atoms with Crippen molar-refractivity contribution in [1.82, 2.24) is 0 Å². The summed E-state index contributed by atoms with van der Waals surface area (Å²) < 4.78 is 5.14. The number of phenols is 1. The summed E-state index contributed by atoms with van der Waals surface area (Å²) in [5.41, 5.74) is 2.42. The average molecular weight is 314 g/mol. The number of thioether (sulfide) groups is 1. The molecule has 0 fully saturated rings. The summed E-state index contributed by atoms with van der Waals surface area (Å²) >= 11 is 1.65. The summed E-state index contributed by atoms with van der Waals surface area (Å²) in [5.74, 6) is 0.859. The van der Waals surface area contributed by atoms with E-state index >= 15 is 0 Å². The number of hydrogen-bond donors (Lipinski definition) is 1. The van der Waals surface area contributed by atoms with E-state index in [4.69, 9.17) is 4.74 Å². The van der Waals surface area contributed by atoms with Gasteiger partial charge in [-0.3, -0.25) is 0 Å². The Morgan fingerprint density at radius 1 is 1.05 bits per heavy atom. The van der Waals surface area contributed by atoms with Gasteiger partial charge in [0, 0.05) is 11.0 Å². The fraction of sp³-hybridized carbons (Fsp3) is 0.263. The van der Waals surface area contributed by atoms with Crippen LogP contribution in [-0.2, 0) is 5.41 Å². The van der Waals surface area contributed by atoms with Crippen molar-refractivity contribution in [3.63, 3.8) is 0 Å². The Kier molecular flexibility index (Phi) is 5.19. The molecule has 2 nitrogen and oxygen atoms in total. The number of benzene rings is 2. The Bertz CT molecular complexity index is 652. The lowest BCUT2D eigenvalue weighted by Gasteiger charge is -2.18. The molecule has 2 aromatic carbocycles. The number of methoxy groups -OCH3 is 1. The lowest BCUT2D eigenvalue weighted by molar-refractivity contribution is 0.407. The summed E-state index contributed by atoms with van der Waals surface area (Å²) in [6, 6.07) is 13.8. The van der Waals surface area contributed by atoms with Crippen LogP contribution >= 0.6 is 11.8 Å². The van der Waals surface area contributed by atoms with Gasteiger partial charge in [0.05, 0.1) is 7.11 Å². The number of hydrogen-bond acceptors (Lipinski definition) is 3. The van der Waals surface area contributed by atoms with Gasteiger partial charge in [-0.1, -0.05) is 44.7 Å². The largest absolute Gasteiger partial charge is 0.508 e. The Labute approximate surface area is 136 Å². The second-order valence-electron chi connectivity index (χ2n) is 6.16. The average Bonchev–Trinajstić information content (AvgIpc) is 2.46. The van der Waals surface area contributed by atoms with Crippen LogP contribution in [0, 0.1) is 0 Å². The Hall–Kier alpha value is -1.87. The second kappa shape index (κ2) is 6.93. The molecular formula is C19H22O2S. The van der Waals surface area contributed by atoms with Gasteiger partial charge in [0.2, 0.25) is 0 Å². The molecular weight excluding hydrogens is 292 g/mol. The highest BCUT2D eigenvalue weighted by Crippen LogP contribution is 2.27. The first-order valence-electron chi connectivity index (χ1n) is 7.20. The summed E-state index contributed by atoms with van der Waals surface area (Å²) in [5, 5.41) is 11.6. The molecule has 0 radical (unpaired) electrons. The molecule has 2 rings (SSSR count). The van der Waals surface area contributed by atoms with Gasteiger partial charge >= 0.3 is 0 Å². The summed E-state index contributed by atoms with van der Waals surface area (Å²) in [6.07, 6.45) is 1.96. The van der Waals surface area contributed by atoms with Crippen LogP contribution < -0.4 is 4.74 Å². The van der Waals surface area contributed by atoms with Crippen molar-refractivity contribution in [1.29, 1.82) is 0 Å². The maximum absolute atomic E-state index is 9.63. The SMILES string of the molecule is COc1cc(O)cc(C=CSc2ccc(C(C)(C)C)cc2)c1. The first kappa shape index (κ1) is 16.5. The highest BCUT2D eigenvalue weighted by Gasteiger charge is 2.12. The monoisotopic (exact) mass is 314 g/mol. The van der Waals surface area contributed by atoms with Gasteiger partial charge in [-0.05, 0) is 52.3 Å². The molecule has 0 amide bonds. The van der Waals surface area contributed by atoms with Crippen LogP contribution in [0.3, 0.4) is 0 Å². The lowest BCUT2D eigenvalue weighted by Crippen LogP contribution is -2.10. The van der Waals surface area contributed by atoms with E-state index in [-0.39, 0.29) is 11.2 Å². The second-order valence-corrected chi connectivity index (χ2v) is 7.14. The van der Waals surface area contributed by atoms with E-state index in [0.29, 0.717) is 5.75 Å². The van der Waals surface area contributed by atoms with Crippen molar-refractivity contribution in [2.24, 2.45) is 0 Å². The van der Waals surface area contributed by atoms with Crippen molar-refractivity contribution < 1.29 is 9.84 Å². The van der Waals surface area contributed by atoms with E-state index in [1.54, 1.807) is 31.0 Å². The van der Waals surface area contributed by atoms with E-state index in [1.165, 1.54) is 10.5 Å². The number of ether oxygens (including phenoxy) is 1. The van der Waals surface area contributed by atoms with Gasteiger partial charge in [-0.25, -0.2) is 0 Å². The minimum Gasteiger partial charge on any atom is -0.508 e. The molecule has 0 aliphatic carbocycles. The van der Waals surface area contributed by atoms with Crippen molar-refractivity contribution >= 4 is 17.8 Å². The molecule has 0 bridgehead atoms. The smallest absolute Gasteiger partial charge is 0.123 e. The third-order valence-corrected chi connectivity index (χ3v) is 4.15. The Balaban J connectivity index is 2.05. The molecule has 116 valence electrons. The van der Waals surface area contributed by atoms with Gasteiger partial charge in [0.1, 0.15) is 11.5 Å². The van der Waals surface area contributed by atoms with Gasteiger partial charge in [-0.2, -0.15) is 0 Å². The molecule has 0 aliphatic heterocycles. The van der Waals surface area contributed by atoms with Crippen molar-refractivity contribution in [3.8, 4) is 11.5 Å². The van der Waals surface area contributed by atoms with Crippen molar-refractivity contribution in [2.75, 3.05) is 7.11 Å². The van der Waals surface area contributed by atoms with E-state index in [1.807, 2.05) is 17.6 Å². The summed E-state index contributed by atoms with van der Waals surface area (Å²) in [7, 11) is 1.59. The molecule has 0 aromatic heterocycles. The predicted molar refractivity (Wildman–Crippen MR) is 94.7 cm³/mol. The quantitative estimate of drug-likeness (QED) is 0.760. The molecule has 0 atom stereocenters. The molecule has 3 heteroatoms. The Morgan fingerprint density at radius 3 is 2.32 bits per heavy atom. The number of rotatable bonds is 4. The van der Waals surface area contributed by atoms with Gasteiger partial charge in [0.25, 0.3) is 0 Å². The normalized spacial score (nSPS) is 11.8. The first-order valence-corrected chi connectivity index (χ1v) is 8.08. The van der Waals surface area contributed by atoms with Crippen LogP contribution in [0.4, 0.5) is 0 Å². The highest BCUT2D eigenvalue weighted by molar-refractivity contribution is 8.02. The maximum atomic E-state index is 9.63. The molecule has 0 heterocycles. The molecule has 0 aliphatic rings. The maximum Gasteiger partial charge on any atom is 0.123 e. The fourth-order valence-electron chi connectivity index (χ4n) is 2.04. The summed E-state index contributed by atoms with van der Waals surface area (Å²) in [4.78, 5) is 1.19. The summed E-state index contributed by atoms with van der Waals surface area (Å²) in [6.45, 7) is 6.64. The van der Waals surface area contributed by atoms with Crippen molar-refractivity contribution in [3.05, 3.63) is 59.0 Å². The van der Waals surface area contributed by atoms with Gasteiger partial charge < -0.3 is 9.84 Å². The van der Waals surface area contributed by atoms with Crippen molar-refractivity contribution in [2.45, 2.75) is 31.1 Å². The van der Waals surface area contributed by atoms with E-state index in [2.05, 4.69) is 45.0 Å². The fourth-order valence-corrected chi connectivity index (χ4v) is 2.72. The minimum atomic E-state index is 0.178. The van der Waals surface area contributed by atoms with E-state index < -0.39 is 0 Å².